The summed E-state index contributed by atoms with van der Waals surface area (Å²) in [6.45, 7) is 3.17. The average molecular weight is 439 g/mol. The molecule has 2 aromatic rings. The monoisotopic (exact) mass is 438 g/mol. The Hall–Kier alpha value is -2.55. The molecule has 0 aromatic heterocycles. The lowest BCUT2D eigenvalue weighted by molar-refractivity contribution is -0.384. The van der Waals surface area contributed by atoms with Crippen molar-refractivity contribution in [3.63, 3.8) is 0 Å². The van der Waals surface area contributed by atoms with Crippen molar-refractivity contribution < 1.29 is 14.5 Å². The van der Waals surface area contributed by atoms with Gasteiger partial charge in [-0.15, -0.1) is 0 Å². The summed E-state index contributed by atoms with van der Waals surface area (Å²) in [6.07, 6.45) is 0. The minimum absolute atomic E-state index is 0.0656. The van der Waals surface area contributed by atoms with Crippen molar-refractivity contribution in [3.05, 3.63) is 62.1 Å². The molecule has 0 saturated carbocycles. The first kappa shape index (κ1) is 21.2. The van der Waals surface area contributed by atoms with Gasteiger partial charge in [0.25, 0.3) is 11.6 Å². The standard InChI is InChI=1S/C19H20Cl2N4O4/c20-14-3-1-13(2-4-14)11-23-5-7-24(8-6-23)19(26)12-29-18-10-17(25(27)28)15(21)9-16(18)22/h1-4,9-10H,5-8,11-12,22H2. The highest BCUT2D eigenvalue weighted by Gasteiger charge is 2.23. The van der Waals surface area contributed by atoms with E-state index in [9.17, 15) is 14.9 Å². The smallest absolute Gasteiger partial charge is 0.291 e. The van der Waals surface area contributed by atoms with E-state index in [1.54, 1.807) is 4.90 Å². The molecule has 1 amide bonds. The molecule has 0 radical (unpaired) electrons. The zero-order valence-corrected chi connectivity index (χ0v) is 17.0. The van der Waals surface area contributed by atoms with E-state index >= 15 is 0 Å². The Labute approximate surface area is 177 Å². The third-order valence-corrected chi connectivity index (χ3v) is 5.23. The zero-order valence-electron chi connectivity index (χ0n) is 15.5. The number of hydrogen-bond donors (Lipinski definition) is 1. The number of nitrogens with zero attached hydrogens (tertiary/aromatic N) is 3. The van der Waals surface area contributed by atoms with Gasteiger partial charge in [0, 0.05) is 37.7 Å². The number of nitro groups is 1. The molecule has 0 atom stereocenters. The van der Waals surface area contributed by atoms with Crippen LogP contribution < -0.4 is 10.5 Å². The van der Waals surface area contributed by atoms with Crippen LogP contribution in [-0.4, -0.2) is 53.4 Å². The van der Waals surface area contributed by atoms with Gasteiger partial charge in [-0.2, -0.15) is 0 Å². The van der Waals surface area contributed by atoms with Crippen LogP contribution in [0.5, 0.6) is 5.75 Å². The van der Waals surface area contributed by atoms with E-state index in [2.05, 4.69) is 4.90 Å². The van der Waals surface area contributed by atoms with Crippen LogP contribution in [0.1, 0.15) is 5.56 Å². The molecule has 1 aliphatic rings. The van der Waals surface area contributed by atoms with Crippen LogP contribution in [0.4, 0.5) is 11.4 Å². The quantitative estimate of drug-likeness (QED) is 0.421. The fourth-order valence-corrected chi connectivity index (χ4v) is 3.42. The number of halogens is 2. The molecule has 2 N–H and O–H groups in total. The Balaban J connectivity index is 1.50. The number of carbonyl (C=O) groups excluding carboxylic acids is 1. The summed E-state index contributed by atoms with van der Waals surface area (Å²) in [5.41, 5.74) is 6.77. The Morgan fingerprint density at radius 2 is 1.79 bits per heavy atom. The summed E-state index contributed by atoms with van der Waals surface area (Å²) in [4.78, 5) is 26.8. The SMILES string of the molecule is Nc1cc(Cl)c([N+](=O)[O-])cc1OCC(=O)N1CCN(Cc2ccc(Cl)cc2)CC1. The van der Waals surface area contributed by atoms with Crippen LogP contribution in [0.25, 0.3) is 0 Å². The Kier molecular flexibility index (Phi) is 6.79. The highest BCUT2D eigenvalue weighted by Crippen LogP contribution is 2.34. The van der Waals surface area contributed by atoms with Crippen LogP contribution in [0.3, 0.4) is 0 Å². The van der Waals surface area contributed by atoms with Crippen molar-refractivity contribution in [1.29, 1.82) is 0 Å². The first-order valence-electron chi connectivity index (χ1n) is 8.94. The Bertz CT molecular complexity index is 900. The molecule has 1 aliphatic heterocycles. The third-order valence-electron chi connectivity index (χ3n) is 4.67. The number of benzene rings is 2. The second kappa shape index (κ2) is 9.30. The highest BCUT2D eigenvalue weighted by atomic mass is 35.5. The molecule has 0 unspecified atom stereocenters. The average Bonchev–Trinajstić information content (AvgIpc) is 2.69. The first-order valence-corrected chi connectivity index (χ1v) is 9.70. The second-order valence-electron chi connectivity index (χ2n) is 6.67. The number of carbonyl (C=O) groups is 1. The molecule has 8 nitrogen and oxygen atoms in total. The van der Waals surface area contributed by atoms with Gasteiger partial charge < -0.3 is 15.4 Å². The fraction of sp³-hybridized carbons (Fsp3) is 0.316. The van der Waals surface area contributed by atoms with Crippen molar-refractivity contribution in [3.8, 4) is 5.75 Å². The molecule has 29 heavy (non-hydrogen) atoms. The van der Waals surface area contributed by atoms with Gasteiger partial charge in [-0.3, -0.25) is 19.8 Å². The van der Waals surface area contributed by atoms with Crippen molar-refractivity contribution in [1.82, 2.24) is 9.80 Å². The zero-order chi connectivity index (χ0) is 21.0. The Morgan fingerprint density at radius 1 is 1.14 bits per heavy atom. The molecular weight excluding hydrogens is 419 g/mol. The van der Waals surface area contributed by atoms with Gasteiger partial charge in [-0.1, -0.05) is 35.3 Å². The molecule has 3 rings (SSSR count). The van der Waals surface area contributed by atoms with E-state index in [0.717, 1.165) is 31.3 Å². The maximum Gasteiger partial charge on any atom is 0.291 e. The predicted molar refractivity (Wildman–Crippen MR) is 111 cm³/mol. The van der Waals surface area contributed by atoms with Crippen molar-refractivity contribution in [2.75, 3.05) is 38.5 Å². The van der Waals surface area contributed by atoms with Crippen LogP contribution in [0.2, 0.25) is 10.0 Å². The fourth-order valence-electron chi connectivity index (χ4n) is 3.06. The molecule has 154 valence electrons. The summed E-state index contributed by atoms with van der Waals surface area (Å²) < 4.78 is 5.43. The number of nitro benzene ring substituents is 1. The van der Waals surface area contributed by atoms with Gasteiger partial charge in [-0.25, -0.2) is 0 Å². The summed E-state index contributed by atoms with van der Waals surface area (Å²) in [6, 6.07) is 10.1. The van der Waals surface area contributed by atoms with E-state index in [1.165, 1.54) is 6.07 Å². The van der Waals surface area contributed by atoms with Crippen LogP contribution in [0.15, 0.2) is 36.4 Å². The van der Waals surface area contributed by atoms with E-state index < -0.39 is 4.92 Å². The van der Waals surface area contributed by atoms with E-state index in [0.29, 0.717) is 18.1 Å². The molecule has 1 heterocycles. The lowest BCUT2D eigenvalue weighted by Crippen LogP contribution is -2.49. The largest absolute Gasteiger partial charge is 0.481 e. The van der Waals surface area contributed by atoms with E-state index in [4.69, 9.17) is 33.7 Å². The first-order chi connectivity index (χ1) is 13.8. The molecule has 10 heteroatoms. The predicted octanol–water partition coefficient (Wildman–Crippen LogP) is 3.21. The number of nitrogen functional groups attached to an aromatic ring is 1. The number of anilines is 1. The number of nitrogens with two attached hydrogens (primary N) is 1. The molecule has 1 fully saturated rings. The normalized spacial score (nSPS) is 14.6. The minimum Gasteiger partial charge on any atom is -0.481 e. The van der Waals surface area contributed by atoms with Crippen molar-refractivity contribution in [2.45, 2.75) is 6.54 Å². The number of piperazine rings is 1. The molecule has 0 aliphatic carbocycles. The van der Waals surface area contributed by atoms with Gasteiger partial charge in [0.15, 0.2) is 6.61 Å². The van der Waals surface area contributed by atoms with Crippen LogP contribution in [-0.2, 0) is 11.3 Å². The maximum atomic E-state index is 12.4. The topological polar surface area (TPSA) is 102 Å². The number of hydrogen-bond acceptors (Lipinski definition) is 6. The third kappa shape index (κ3) is 5.50. The molecular formula is C19H20Cl2N4O4. The van der Waals surface area contributed by atoms with Gasteiger partial charge in [0.05, 0.1) is 16.7 Å². The van der Waals surface area contributed by atoms with Crippen LogP contribution >= 0.6 is 23.2 Å². The lowest BCUT2D eigenvalue weighted by atomic mass is 10.2. The number of amides is 1. The Morgan fingerprint density at radius 3 is 2.41 bits per heavy atom. The van der Waals surface area contributed by atoms with E-state index in [1.807, 2.05) is 24.3 Å². The molecule has 0 spiro atoms. The van der Waals surface area contributed by atoms with Crippen LogP contribution in [0, 0.1) is 10.1 Å². The minimum atomic E-state index is -0.629. The van der Waals surface area contributed by atoms with Crippen molar-refractivity contribution >= 4 is 40.5 Å². The maximum absolute atomic E-state index is 12.4. The van der Waals surface area contributed by atoms with Crippen molar-refractivity contribution in [2.24, 2.45) is 0 Å². The molecule has 1 saturated heterocycles. The lowest BCUT2D eigenvalue weighted by Gasteiger charge is -2.34. The van der Waals surface area contributed by atoms with Gasteiger partial charge in [0.1, 0.15) is 10.8 Å². The van der Waals surface area contributed by atoms with Gasteiger partial charge >= 0.3 is 0 Å². The molecule has 2 aromatic carbocycles. The summed E-state index contributed by atoms with van der Waals surface area (Å²) >= 11 is 11.7. The number of ether oxygens (including phenoxy) is 1. The van der Waals surface area contributed by atoms with Gasteiger partial charge in [-0.05, 0) is 23.8 Å². The summed E-state index contributed by atoms with van der Waals surface area (Å²) in [7, 11) is 0. The number of rotatable bonds is 6. The summed E-state index contributed by atoms with van der Waals surface area (Å²) in [5, 5.41) is 11.6. The van der Waals surface area contributed by atoms with E-state index in [-0.39, 0.29) is 34.7 Å². The second-order valence-corrected chi connectivity index (χ2v) is 7.51. The summed E-state index contributed by atoms with van der Waals surface area (Å²) in [5.74, 6) is -0.135. The highest BCUT2D eigenvalue weighted by molar-refractivity contribution is 6.33. The van der Waals surface area contributed by atoms with Gasteiger partial charge in [0.2, 0.25) is 0 Å². The molecule has 0 bridgehead atoms.